The number of hydrogen-bond donors (Lipinski definition) is 2. The van der Waals surface area contributed by atoms with Crippen LogP contribution < -0.4 is 10.6 Å². The van der Waals surface area contributed by atoms with E-state index in [2.05, 4.69) is 35.8 Å². The average Bonchev–Trinajstić information content (AvgIpc) is 3.23. The lowest BCUT2D eigenvalue weighted by molar-refractivity contribution is -0.120. The van der Waals surface area contributed by atoms with Crippen molar-refractivity contribution in [2.24, 2.45) is 0 Å². The van der Waals surface area contributed by atoms with Gasteiger partial charge in [-0.05, 0) is 35.4 Å². The Bertz CT molecular complexity index is 1370. The number of hydrogen-bond acceptors (Lipinski definition) is 7. The van der Waals surface area contributed by atoms with E-state index in [1.54, 1.807) is 31.0 Å². The number of amides is 1. The molecule has 4 aromatic heterocycles. The van der Waals surface area contributed by atoms with Crippen LogP contribution in [0.5, 0.6) is 0 Å². The Kier molecular flexibility index (Phi) is 5.66. The van der Waals surface area contributed by atoms with Crippen molar-refractivity contribution in [3.63, 3.8) is 0 Å². The predicted molar refractivity (Wildman–Crippen MR) is 124 cm³/mol. The number of nitrogens with one attached hydrogen (secondary N) is 2. The Labute approximate surface area is 189 Å². The number of carbonyl (C=O) groups is 1. The highest BCUT2D eigenvalue weighted by Crippen LogP contribution is 2.25. The first-order valence-corrected chi connectivity index (χ1v) is 10.4. The van der Waals surface area contributed by atoms with Crippen LogP contribution in [0.1, 0.15) is 11.1 Å². The number of carbonyl (C=O) groups excluding carboxylic acids is 1. The summed E-state index contributed by atoms with van der Waals surface area (Å²) in [6, 6.07) is 15.4. The van der Waals surface area contributed by atoms with Crippen LogP contribution in [-0.2, 0) is 17.8 Å². The summed E-state index contributed by atoms with van der Waals surface area (Å²) in [5.74, 6) is 1.74. The maximum Gasteiger partial charge on any atom is 0.224 e. The molecule has 0 aliphatic carbocycles. The molecule has 1 amide bonds. The lowest BCUT2D eigenvalue weighted by atomic mass is 10.1. The van der Waals surface area contributed by atoms with Crippen LogP contribution in [0.2, 0.25) is 0 Å². The zero-order valence-electron chi connectivity index (χ0n) is 17.6. The Hall–Kier alpha value is -4.66. The third-order valence-corrected chi connectivity index (χ3v) is 5.07. The average molecular weight is 436 g/mol. The van der Waals surface area contributed by atoms with Crippen LogP contribution in [0.3, 0.4) is 0 Å². The van der Waals surface area contributed by atoms with Gasteiger partial charge in [-0.1, -0.05) is 24.3 Å². The molecule has 0 aliphatic heterocycles. The van der Waals surface area contributed by atoms with E-state index in [-0.39, 0.29) is 12.3 Å². The van der Waals surface area contributed by atoms with Crippen LogP contribution >= 0.6 is 0 Å². The molecule has 2 N–H and O–H groups in total. The highest BCUT2D eigenvalue weighted by molar-refractivity contribution is 5.90. The van der Waals surface area contributed by atoms with Gasteiger partial charge in [0.2, 0.25) is 5.91 Å². The molecule has 0 spiro atoms. The largest absolute Gasteiger partial charge is 0.352 e. The van der Waals surface area contributed by atoms with Gasteiger partial charge in [0.15, 0.2) is 11.6 Å². The van der Waals surface area contributed by atoms with Gasteiger partial charge in [-0.25, -0.2) is 4.98 Å². The van der Waals surface area contributed by atoms with Gasteiger partial charge in [-0.15, -0.1) is 10.2 Å². The van der Waals surface area contributed by atoms with Crippen molar-refractivity contribution in [3.05, 3.63) is 96.8 Å². The van der Waals surface area contributed by atoms with Crippen molar-refractivity contribution in [2.45, 2.75) is 13.0 Å². The molecule has 5 aromatic rings. The highest BCUT2D eigenvalue weighted by Gasteiger charge is 2.14. The fourth-order valence-corrected chi connectivity index (χ4v) is 3.53. The molecular weight excluding hydrogens is 416 g/mol. The molecule has 0 atom stereocenters. The van der Waals surface area contributed by atoms with Crippen molar-refractivity contribution >= 4 is 28.4 Å². The molecule has 9 heteroatoms. The van der Waals surface area contributed by atoms with Gasteiger partial charge in [-0.2, -0.15) is 0 Å². The van der Waals surface area contributed by atoms with Gasteiger partial charge in [-0.3, -0.25) is 19.3 Å². The highest BCUT2D eigenvalue weighted by atomic mass is 16.1. The fraction of sp³-hybridized carbons (Fsp3) is 0.0833. The van der Waals surface area contributed by atoms with Gasteiger partial charge in [0.25, 0.3) is 0 Å². The quantitative estimate of drug-likeness (QED) is 0.403. The molecule has 0 saturated carbocycles. The zero-order chi connectivity index (χ0) is 22.5. The van der Waals surface area contributed by atoms with Gasteiger partial charge in [0.05, 0.1) is 18.1 Å². The van der Waals surface area contributed by atoms with E-state index in [0.29, 0.717) is 24.0 Å². The van der Waals surface area contributed by atoms with Crippen molar-refractivity contribution < 1.29 is 4.79 Å². The third-order valence-electron chi connectivity index (χ3n) is 5.07. The molecule has 0 bridgehead atoms. The topological polar surface area (TPSA) is 111 Å². The molecule has 4 heterocycles. The van der Waals surface area contributed by atoms with E-state index < -0.39 is 0 Å². The second-order valence-corrected chi connectivity index (χ2v) is 7.35. The molecule has 0 radical (unpaired) electrons. The van der Waals surface area contributed by atoms with E-state index in [1.165, 1.54) is 0 Å². The first-order chi connectivity index (χ1) is 16.3. The predicted octanol–water partition coefficient (Wildman–Crippen LogP) is 3.21. The smallest absolute Gasteiger partial charge is 0.224 e. The SMILES string of the molecule is O=C(Cc1cn(-c2ccc(Nc3cnccn3)nn2)c2ccccc12)NCc1cccnc1. The zero-order valence-corrected chi connectivity index (χ0v) is 17.6. The number of fused-ring (bicyclic) bond motifs is 1. The van der Waals surface area contributed by atoms with Crippen LogP contribution in [0.15, 0.2) is 85.7 Å². The van der Waals surface area contributed by atoms with Crippen LogP contribution in [0, 0.1) is 0 Å². The molecule has 5 rings (SSSR count). The summed E-state index contributed by atoms with van der Waals surface area (Å²) >= 11 is 0. The summed E-state index contributed by atoms with van der Waals surface area (Å²) < 4.78 is 1.94. The second kappa shape index (κ2) is 9.23. The molecule has 0 saturated heterocycles. The number of para-hydroxylation sites is 1. The molecule has 162 valence electrons. The molecule has 1 aromatic carbocycles. The monoisotopic (exact) mass is 436 g/mol. The fourth-order valence-electron chi connectivity index (χ4n) is 3.53. The maximum absolute atomic E-state index is 12.6. The van der Waals surface area contributed by atoms with E-state index in [1.807, 2.05) is 59.3 Å². The number of benzene rings is 1. The van der Waals surface area contributed by atoms with Gasteiger partial charge < -0.3 is 10.6 Å². The van der Waals surface area contributed by atoms with E-state index in [0.717, 1.165) is 22.0 Å². The number of anilines is 2. The molecule has 9 nitrogen and oxygen atoms in total. The molecule has 0 unspecified atom stereocenters. The van der Waals surface area contributed by atoms with E-state index >= 15 is 0 Å². The minimum absolute atomic E-state index is 0.0589. The number of pyridine rings is 1. The number of rotatable bonds is 7. The standard InChI is InChI=1S/C24H20N8O/c33-24(28-14-17-4-3-9-25-13-17)12-18-16-32(20-6-2-1-5-19(18)20)23-8-7-21(30-31-23)29-22-15-26-10-11-27-22/h1-11,13,15-16H,12,14H2,(H,28,33)(H,27,29,30). The summed E-state index contributed by atoms with van der Waals surface area (Å²) in [4.78, 5) is 24.9. The molecule has 33 heavy (non-hydrogen) atoms. The minimum atomic E-state index is -0.0589. The van der Waals surface area contributed by atoms with Crippen LogP contribution in [0.4, 0.5) is 11.6 Å². The van der Waals surface area contributed by atoms with Crippen molar-refractivity contribution in [1.82, 2.24) is 35.0 Å². The summed E-state index contributed by atoms with van der Waals surface area (Å²) in [6.45, 7) is 0.442. The summed E-state index contributed by atoms with van der Waals surface area (Å²) in [6.07, 6.45) is 10.5. The normalized spacial score (nSPS) is 10.8. The summed E-state index contributed by atoms with van der Waals surface area (Å²) in [7, 11) is 0. The number of nitrogens with zero attached hydrogens (tertiary/aromatic N) is 6. The molecular formula is C24H20N8O. The van der Waals surface area contributed by atoms with Gasteiger partial charge in [0, 0.05) is 42.9 Å². The van der Waals surface area contributed by atoms with Crippen LogP contribution in [-0.4, -0.2) is 35.6 Å². The van der Waals surface area contributed by atoms with Crippen molar-refractivity contribution in [3.8, 4) is 5.82 Å². The van der Waals surface area contributed by atoms with Gasteiger partial charge >= 0.3 is 0 Å². The van der Waals surface area contributed by atoms with E-state index in [9.17, 15) is 4.79 Å². The second-order valence-electron chi connectivity index (χ2n) is 7.35. The lowest BCUT2D eigenvalue weighted by Crippen LogP contribution is -2.24. The van der Waals surface area contributed by atoms with Crippen molar-refractivity contribution in [1.29, 1.82) is 0 Å². The first kappa shape index (κ1) is 20.3. The maximum atomic E-state index is 12.6. The van der Waals surface area contributed by atoms with Crippen LogP contribution in [0.25, 0.3) is 16.7 Å². The van der Waals surface area contributed by atoms with Crippen molar-refractivity contribution in [2.75, 3.05) is 5.32 Å². The Balaban J connectivity index is 1.35. The first-order valence-electron chi connectivity index (χ1n) is 10.4. The third kappa shape index (κ3) is 4.67. The Morgan fingerprint density at radius 1 is 0.879 bits per heavy atom. The Morgan fingerprint density at radius 2 is 1.79 bits per heavy atom. The number of aromatic nitrogens is 6. The molecule has 0 aliphatic rings. The minimum Gasteiger partial charge on any atom is -0.352 e. The van der Waals surface area contributed by atoms with Gasteiger partial charge in [0.1, 0.15) is 5.82 Å². The summed E-state index contributed by atoms with van der Waals surface area (Å²) in [5, 5.41) is 15.6. The summed E-state index contributed by atoms with van der Waals surface area (Å²) in [5.41, 5.74) is 2.83. The lowest BCUT2D eigenvalue weighted by Gasteiger charge is -2.06. The van der Waals surface area contributed by atoms with E-state index in [4.69, 9.17) is 0 Å². The molecule has 0 fully saturated rings. The Morgan fingerprint density at radius 3 is 2.58 bits per heavy atom.